The summed E-state index contributed by atoms with van der Waals surface area (Å²) >= 11 is 0. The Morgan fingerprint density at radius 3 is 2.43 bits per heavy atom. The number of nitro groups is 1. The highest BCUT2D eigenvalue weighted by atomic mass is 16.6. The number of carbonyl (C=O) groups excluding carboxylic acids is 1. The van der Waals surface area contributed by atoms with Gasteiger partial charge in [0.05, 0.1) is 50.6 Å². The van der Waals surface area contributed by atoms with Crippen LogP contribution in [0.1, 0.15) is 5.56 Å². The van der Waals surface area contributed by atoms with E-state index in [0.29, 0.717) is 23.7 Å². The van der Waals surface area contributed by atoms with Crippen molar-refractivity contribution in [2.75, 3.05) is 40.2 Å². The first-order valence-corrected chi connectivity index (χ1v) is 8.53. The molecule has 1 atom stereocenters. The number of non-ortho nitro benzene ring substituents is 1. The number of hydrogen-bond donors (Lipinski definition) is 2. The van der Waals surface area contributed by atoms with Crippen LogP contribution in [0.5, 0.6) is 17.2 Å². The number of nitro benzene ring substituents is 1. The largest absolute Gasteiger partial charge is 0.494 e. The number of methoxy groups -OCH3 is 3. The molecule has 0 saturated carbocycles. The first kappa shape index (κ1) is 21.0. The van der Waals surface area contributed by atoms with Crippen molar-refractivity contribution in [1.82, 2.24) is 0 Å². The molecule has 28 heavy (non-hydrogen) atoms. The zero-order valence-electron chi connectivity index (χ0n) is 16.3. The van der Waals surface area contributed by atoms with Crippen molar-refractivity contribution in [2.24, 2.45) is 0 Å². The average molecular weight is 390 g/mol. The topological polar surface area (TPSA) is 104 Å². The highest BCUT2D eigenvalue weighted by Gasteiger charge is 2.18. The number of nitrogens with zero attached hydrogens (tertiary/aromatic N) is 1. The molecule has 0 saturated heterocycles. The second-order valence-electron chi connectivity index (χ2n) is 6.15. The molecule has 2 N–H and O–H groups in total. The summed E-state index contributed by atoms with van der Waals surface area (Å²) in [6.07, 6.45) is 0. The lowest BCUT2D eigenvalue weighted by molar-refractivity contribution is -0.885. The summed E-state index contributed by atoms with van der Waals surface area (Å²) in [6.45, 7) is 0.728. The van der Waals surface area contributed by atoms with Crippen molar-refractivity contribution < 1.29 is 28.8 Å². The predicted octanol–water partition coefficient (Wildman–Crippen LogP) is 1.27. The first-order chi connectivity index (χ1) is 13.4. The van der Waals surface area contributed by atoms with Crippen LogP contribution in [-0.2, 0) is 11.3 Å². The molecule has 0 aromatic heterocycles. The van der Waals surface area contributed by atoms with Crippen LogP contribution in [0.2, 0.25) is 0 Å². The van der Waals surface area contributed by atoms with Crippen molar-refractivity contribution in [3.05, 3.63) is 52.1 Å². The van der Waals surface area contributed by atoms with Gasteiger partial charge in [0.2, 0.25) is 0 Å². The average Bonchev–Trinajstić information content (AvgIpc) is 2.67. The molecule has 0 aliphatic rings. The number of anilines is 1. The van der Waals surface area contributed by atoms with E-state index in [0.717, 1.165) is 10.5 Å². The molecule has 150 valence electrons. The Kier molecular flexibility index (Phi) is 7.16. The van der Waals surface area contributed by atoms with Gasteiger partial charge in [0.25, 0.3) is 11.6 Å². The van der Waals surface area contributed by atoms with Crippen LogP contribution in [-0.4, -0.2) is 45.8 Å². The van der Waals surface area contributed by atoms with Crippen LogP contribution in [0, 0.1) is 10.1 Å². The molecule has 0 fully saturated rings. The van der Waals surface area contributed by atoms with Crippen LogP contribution in [0.15, 0.2) is 36.4 Å². The predicted molar refractivity (Wildman–Crippen MR) is 103 cm³/mol. The standard InChI is InChI=1S/C19H23N3O6/c1-21(11-13-6-5-7-16(26-2)19(13)28-4)12-18(23)20-15-9-8-14(22(24)25)10-17(15)27-3/h5-10H,11-12H2,1-4H3,(H,20,23)/p+1. The fourth-order valence-corrected chi connectivity index (χ4v) is 2.85. The minimum absolute atomic E-state index is 0.109. The van der Waals surface area contributed by atoms with Crippen molar-refractivity contribution in [2.45, 2.75) is 6.54 Å². The Balaban J connectivity index is 2.05. The van der Waals surface area contributed by atoms with E-state index in [1.165, 1.54) is 25.3 Å². The summed E-state index contributed by atoms with van der Waals surface area (Å²) < 4.78 is 15.9. The van der Waals surface area contributed by atoms with Crippen molar-refractivity contribution >= 4 is 17.3 Å². The summed E-state index contributed by atoms with van der Waals surface area (Å²) in [6, 6.07) is 9.64. The summed E-state index contributed by atoms with van der Waals surface area (Å²) in [5, 5.41) is 13.6. The summed E-state index contributed by atoms with van der Waals surface area (Å²) in [5.74, 6) is 1.26. The second kappa shape index (κ2) is 9.56. The van der Waals surface area contributed by atoms with Crippen LogP contribution < -0.4 is 24.4 Å². The fraction of sp³-hybridized carbons (Fsp3) is 0.316. The van der Waals surface area contributed by atoms with Gasteiger partial charge in [-0.1, -0.05) is 6.07 Å². The lowest BCUT2D eigenvalue weighted by Gasteiger charge is -2.17. The molecule has 0 aliphatic carbocycles. The van der Waals surface area contributed by atoms with E-state index in [9.17, 15) is 14.9 Å². The maximum absolute atomic E-state index is 12.4. The third kappa shape index (κ3) is 5.10. The smallest absolute Gasteiger partial charge is 0.279 e. The Bertz CT molecular complexity index is 856. The number of ether oxygens (including phenoxy) is 3. The van der Waals surface area contributed by atoms with Gasteiger partial charge in [-0.05, 0) is 18.2 Å². The molecule has 9 nitrogen and oxygen atoms in total. The van der Waals surface area contributed by atoms with Crippen LogP contribution in [0.3, 0.4) is 0 Å². The number of hydrogen-bond acceptors (Lipinski definition) is 6. The highest BCUT2D eigenvalue weighted by molar-refractivity contribution is 5.93. The van der Waals surface area contributed by atoms with Gasteiger partial charge in [-0.2, -0.15) is 0 Å². The number of quaternary nitrogens is 1. The van der Waals surface area contributed by atoms with E-state index in [1.807, 2.05) is 25.2 Å². The molecule has 9 heteroatoms. The van der Waals surface area contributed by atoms with Crippen molar-refractivity contribution in [3.63, 3.8) is 0 Å². The molecule has 2 aromatic rings. The van der Waals surface area contributed by atoms with Gasteiger partial charge >= 0.3 is 0 Å². The van der Waals surface area contributed by atoms with E-state index in [-0.39, 0.29) is 23.9 Å². The first-order valence-electron chi connectivity index (χ1n) is 8.53. The Labute approximate surface area is 163 Å². The lowest BCUT2D eigenvalue weighted by atomic mass is 10.1. The SMILES string of the molecule is COc1cc([N+](=O)[O-])ccc1NC(=O)C[NH+](C)Cc1cccc(OC)c1OC. The third-order valence-corrected chi connectivity index (χ3v) is 4.11. The van der Waals surface area contributed by atoms with Crippen LogP contribution in [0.25, 0.3) is 0 Å². The molecule has 0 radical (unpaired) electrons. The Morgan fingerprint density at radius 1 is 1.11 bits per heavy atom. The van der Waals surface area contributed by atoms with Crippen molar-refractivity contribution in [1.29, 1.82) is 0 Å². The van der Waals surface area contributed by atoms with Gasteiger partial charge in [0, 0.05) is 6.07 Å². The number of nitrogens with one attached hydrogen (secondary N) is 2. The third-order valence-electron chi connectivity index (χ3n) is 4.11. The van der Waals surface area contributed by atoms with Gasteiger partial charge in [-0.15, -0.1) is 0 Å². The van der Waals surface area contributed by atoms with Gasteiger partial charge in [0.15, 0.2) is 18.0 Å². The number of amides is 1. The van der Waals surface area contributed by atoms with Gasteiger partial charge in [0.1, 0.15) is 12.3 Å². The van der Waals surface area contributed by atoms with Crippen LogP contribution >= 0.6 is 0 Å². The maximum atomic E-state index is 12.4. The van der Waals surface area contributed by atoms with E-state index >= 15 is 0 Å². The molecule has 0 bridgehead atoms. The van der Waals surface area contributed by atoms with Gasteiger partial charge in [-0.3, -0.25) is 14.9 Å². The number of carbonyl (C=O) groups is 1. The summed E-state index contributed by atoms with van der Waals surface area (Å²) in [7, 11) is 6.42. The number of benzene rings is 2. The molecule has 0 aliphatic heterocycles. The quantitative estimate of drug-likeness (QED) is 0.494. The number of para-hydroxylation sites is 1. The molecular formula is C19H24N3O6+. The molecule has 2 aromatic carbocycles. The van der Waals surface area contributed by atoms with E-state index in [2.05, 4.69) is 5.32 Å². The molecule has 0 spiro atoms. The number of likely N-dealkylation sites (N-methyl/N-ethyl adjacent to an activating group) is 1. The van der Waals surface area contributed by atoms with E-state index in [1.54, 1.807) is 14.2 Å². The normalized spacial score (nSPS) is 11.4. The lowest BCUT2D eigenvalue weighted by Crippen LogP contribution is -3.08. The minimum Gasteiger partial charge on any atom is -0.494 e. The molecule has 2 rings (SSSR count). The fourth-order valence-electron chi connectivity index (χ4n) is 2.85. The van der Waals surface area contributed by atoms with Crippen molar-refractivity contribution in [3.8, 4) is 17.2 Å². The zero-order chi connectivity index (χ0) is 20.7. The molecular weight excluding hydrogens is 366 g/mol. The van der Waals surface area contributed by atoms with E-state index < -0.39 is 4.92 Å². The Hall–Kier alpha value is -3.33. The minimum atomic E-state index is -0.520. The van der Waals surface area contributed by atoms with E-state index in [4.69, 9.17) is 14.2 Å². The summed E-state index contributed by atoms with van der Waals surface area (Å²) in [5.41, 5.74) is 1.19. The monoisotopic (exact) mass is 390 g/mol. The molecule has 0 heterocycles. The maximum Gasteiger partial charge on any atom is 0.279 e. The van der Waals surface area contributed by atoms with Gasteiger partial charge < -0.3 is 24.4 Å². The van der Waals surface area contributed by atoms with Crippen LogP contribution in [0.4, 0.5) is 11.4 Å². The second-order valence-corrected chi connectivity index (χ2v) is 6.15. The molecule has 1 unspecified atom stereocenters. The zero-order valence-corrected chi connectivity index (χ0v) is 16.3. The molecule has 1 amide bonds. The summed E-state index contributed by atoms with van der Waals surface area (Å²) in [4.78, 5) is 23.7. The number of rotatable bonds is 9. The van der Waals surface area contributed by atoms with Gasteiger partial charge in [-0.25, -0.2) is 0 Å². The highest BCUT2D eigenvalue weighted by Crippen LogP contribution is 2.30. The Morgan fingerprint density at radius 2 is 1.82 bits per heavy atom.